The summed E-state index contributed by atoms with van der Waals surface area (Å²) in [4.78, 5) is 5.27. The van der Waals surface area contributed by atoms with Crippen molar-refractivity contribution in [3.63, 3.8) is 0 Å². The number of anilines is 1. The van der Waals surface area contributed by atoms with Gasteiger partial charge in [0.15, 0.2) is 0 Å². The number of para-hydroxylation sites is 2. The lowest BCUT2D eigenvalue weighted by molar-refractivity contribution is 0.736. The van der Waals surface area contributed by atoms with Gasteiger partial charge >= 0.3 is 0 Å². The number of aliphatic imine (C=N–C) groups is 1. The van der Waals surface area contributed by atoms with Gasteiger partial charge in [-0.25, -0.2) is 0 Å². The molecule has 0 atom stereocenters. The third-order valence-electron chi connectivity index (χ3n) is 6.34. The number of hydrogen-bond acceptors (Lipinski definition) is 2. The van der Waals surface area contributed by atoms with Gasteiger partial charge in [-0.3, -0.25) is 4.99 Å². The molecule has 2 nitrogen and oxygen atoms in total. The van der Waals surface area contributed by atoms with Crippen LogP contribution in [0.2, 0.25) is 0 Å². The fourth-order valence-corrected chi connectivity index (χ4v) is 4.05. The second-order valence-electron chi connectivity index (χ2n) is 10.7. The minimum absolute atomic E-state index is 0.271. The number of nitrogens with one attached hydrogen (secondary N) is 1. The average Bonchev–Trinajstić information content (AvgIpc) is 2.67. The van der Waals surface area contributed by atoms with E-state index in [2.05, 4.69) is 118 Å². The predicted molar refractivity (Wildman–Crippen MR) is 140 cm³/mol. The predicted octanol–water partition coefficient (Wildman–Crippen LogP) is 9.16. The molecular weight excluding hydrogens is 376 g/mol. The van der Waals surface area contributed by atoms with Crippen molar-refractivity contribution in [2.75, 3.05) is 5.32 Å². The Morgan fingerprint density at radius 1 is 0.677 bits per heavy atom. The Labute approximate surface area is 191 Å². The number of nitrogens with zero attached hydrogens (tertiary/aromatic N) is 1. The van der Waals surface area contributed by atoms with Crippen LogP contribution in [0, 0.1) is 0 Å². The summed E-state index contributed by atoms with van der Waals surface area (Å²) < 4.78 is 0. The third kappa shape index (κ3) is 5.79. The Hall–Kier alpha value is -2.09. The lowest BCUT2D eigenvalue weighted by Gasteiger charge is -2.32. The number of benzene rings is 2. The van der Waals surface area contributed by atoms with Gasteiger partial charge < -0.3 is 5.32 Å². The summed E-state index contributed by atoms with van der Waals surface area (Å²) in [6.45, 7) is 24.8. The molecule has 0 aromatic heterocycles. The molecule has 0 bridgehead atoms. The van der Waals surface area contributed by atoms with Crippen LogP contribution in [0.4, 0.5) is 11.4 Å². The molecule has 0 aliphatic rings. The molecule has 0 spiro atoms. The van der Waals surface area contributed by atoms with Crippen molar-refractivity contribution in [1.29, 1.82) is 0 Å². The second kappa shape index (κ2) is 10.0. The van der Waals surface area contributed by atoms with Gasteiger partial charge in [-0.1, -0.05) is 91.8 Å². The summed E-state index contributed by atoms with van der Waals surface area (Å²) in [6, 6.07) is 13.3. The molecule has 170 valence electrons. The van der Waals surface area contributed by atoms with Crippen LogP contribution in [0.1, 0.15) is 122 Å². The van der Waals surface area contributed by atoms with E-state index in [-0.39, 0.29) is 5.54 Å². The zero-order chi connectivity index (χ0) is 23.5. The fourth-order valence-electron chi connectivity index (χ4n) is 4.05. The zero-order valence-corrected chi connectivity index (χ0v) is 21.7. The van der Waals surface area contributed by atoms with E-state index in [9.17, 15) is 0 Å². The molecular formula is C29H44N2. The van der Waals surface area contributed by atoms with E-state index < -0.39 is 0 Å². The Bertz CT molecular complexity index is 862. The molecule has 0 aliphatic heterocycles. The molecule has 2 aromatic carbocycles. The van der Waals surface area contributed by atoms with E-state index in [4.69, 9.17) is 4.99 Å². The summed E-state index contributed by atoms with van der Waals surface area (Å²) in [7, 11) is 0. The maximum Gasteiger partial charge on any atom is 0.0699 e. The molecule has 2 heteroatoms. The Kier molecular flexibility index (Phi) is 8.14. The molecule has 0 saturated heterocycles. The molecule has 0 saturated carbocycles. The van der Waals surface area contributed by atoms with E-state index in [1.54, 1.807) is 0 Å². The van der Waals surface area contributed by atoms with Crippen LogP contribution >= 0.6 is 0 Å². The van der Waals surface area contributed by atoms with Gasteiger partial charge in [0.25, 0.3) is 0 Å². The van der Waals surface area contributed by atoms with E-state index in [0.29, 0.717) is 23.7 Å². The maximum atomic E-state index is 5.27. The van der Waals surface area contributed by atoms with Crippen molar-refractivity contribution in [3.05, 3.63) is 58.7 Å². The highest BCUT2D eigenvalue weighted by atomic mass is 15.0. The molecule has 0 amide bonds. The minimum Gasteiger partial charge on any atom is -0.374 e. The monoisotopic (exact) mass is 420 g/mol. The van der Waals surface area contributed by atoms with Crippen molar-refractivity contribution >= 4 is 17.1 Å². The van der Waals surface area contributed by atoms with Crippen molar-refractivity contribution in [2.45, 2.75) is 105 Å². The summed E-state index contributed by atoms with van der Waals surface area (Å²) in [5.74, 6) is 1.80. The van der Waals surface area contributed by atoms with Crippen molar-refractivity contribution in [2.24, 2.45) is 4.99 Å². The highest BCUT2D eigenvalue weighted by Gasteiger charge is 2.26. The normalized spacial score (nSPS) is 13.1. The molecule has 0 aliphatic carbocycles. The molecule has 0 unspecified atom stereocenters. The van der Waals surface area contributed by atoms with E-state index in [1.807, 2.05) is 0 Å². The van der Waals surface area contributed by atoms with Crippen molar-refractivity contribution < 1.29 is 0 Å². The van der Waals surface area contributed by atoms with Gasteiger partial charge in [0, 0.05) is 11.4 Å². The molecule has 31 heavy (non-hydrogen) atoms. The quantitative estimate of drug-likeness (QED) is 0.423. The Balaban J connectivity index is 2.58. The van der Waals surface area contributed by atoms with E-state index >= 15 is 0 Å². The highest BCUT2D eigenvalue weighted by Crippen LogP contribution is 2.37. The Morgan fingerprint density at radius 3 is 1.39 bits per heavy atom. The van der Waals surface area contributed by atoms with Gasteiger partial charge in [0.2, 0.25) is 0 Å². The molecule has 1 N–H and O–H groups in total. The zero-order valence-electron chi connectivity index (χ0n) is 21.7. The molecule has 0 radical (unpaired) electrons. The third-order valence-corrected chi connectivity index (χ3v) is 6.34. The lowest BCUT2D eigenvalue weighted by atomic mass is 9.89. The van der Waals surface area contributed by atoms with Gasteiger partial charge in [-0.15, -0.1) is 0 Å². The topological polar surface area (TPSA) is 24.4 Å². The van der Waals surface area contributed by atoms with Crippen LogP contribution in [-0.2, 0) is 0 Å². The van der Waals surface area contributed by atoms with Crippen molar-refractivity contribution in [1.82, 2.24) is 0 Å². The van der Waals surface area contributed by atoms with Gasteiger partial charge in [-0.2, -0.15) is 0 Å². The summed E-state index contributed by atoms with van der Waals surface area (Å²) in [5.41, 5.74) is 8.66. The van der Waals surface area contributed by atoms with E-state index in [1.165, 1.54) is 27.9 Å². The summed E-state index contributed by atoms with van der Waals surface area (Å²) >= 11 is 0. The van der Waals surface area contributed by atoms with Crippen LogP contribution in [0.15, 0.2) is 41.4 Å². The van der Waals surface area contributed by atoms with E-state index in [0.717, 1.165) is 11.4 Å². The average molecular weight is 421 g/mol. The maximum absolute atomic E-state index is 5.27. The second-order valence-corrected chi connectivity index (χ2v) is 10.7. The Morgan fingerprint density at radius 2 is 1.03 bits per heavy atom. The van der Waals surface area contributed by atoms with Gasteiger partial charge in [-0.05, 0) is 66.7 Å². The van der Waals surface area contributed by atoms with Gasteiger partial charge in [0.1, 0.15) is 0 Å². The van der Waals surface area contributed by atoms with Crippen LogP contribution < -0.4 is 5.32 Å². The molecule has 0 fully saturated rings. The number of rotatable bonds is 8. The van der Waals surface area contributed by atoms with Gasteiger partial charge in [0.05, 0.1) is 11.2 Å². The number of hydrogen-bond donors (Lipinski definition) is 1. The molecule has 2 aromatic rings. The molecule has 0 heterocycles. The van der Waals surface area contributed by atoms with Crippen LogP contribution in [0.25, 0.3) is 0 Å². The summed E-state index contributed by atoms with van der Waals surface area (Å²) in [5, 5.41) is 3.90. The first-order valence-electron chi connectivity index (χ1n) is 12.0. The first kappa shape index (κ1) is 25.2. The lowest BCUT2D eigenvalue weighted by Crippen LogP contribution is -2.39. The first-order chi connectivity index (χ1) is 14.4. The largest absolute Gasteiger partial charge is 0.374 e. The fraction of sp³-hybridized carbons (Fsp3) is 0.552. The summed E-state index contributed by atoms with van der Waals surface area (Å²) in [6.07, 6.45) is 0. The smallest absolute Gasteiger partial charge is 0.0699 e. The molecule has 2 rings (SSSR count). The first-order valence-corrected chi connectivity index (χ1v) is 12.0. The highest BCUT2D eigenvalue weighted by molar-refractivity contribution is 5.96. The van der Waals surface area contributed by atoms with Crippen LogP contribution in [0.3, 0.4) is 0 Å². The van der Waals surface area contributed by atoms with Crippen LogP contribution in [0.5, 0.6) is 0 Å². The minimum atomic E-state index is -0.271. The van der Waals surface area contributed by atoms with Crippen molar-refractivity contribution in [3.8, 4) is 0 Å². The van der Waals surface area contributed by atoms with Crippen LogP contribution in [-0.4, -0.2) is 11.3 Å². The SMILES string of the molecule is C/C(=N/c1c(C(C)C)cccc1C(C)C)C(C)(C)Nc1c(C(C)C)cccc1C(C)C. The standard InChI is InChI=1S/C29H44N2/c1-18(2)23-14-12-15-24(19(3)4)27(23)30-22(9)29(10,11)31-28-25(20(5)6)16-13-17-26(28)21(7)8/h12-21,31H,1-11H3/b30-22-.